The van der Waals surface area contributed by atoms with Gasteiger partial charge in [0.15, 0.2) is 12.3 Å². The minimum Gasteiger partial charge on any atom is -0.480 e. The minimum atomic E-state index is -2.24. The molecule has 0 aromatic carbocycles. The molecule has 2 amide bonds. The number of carboxylic acid groups (broad SMARTS) is 2. The van der Waals surface area contributed by atoms with Crippen LogP contribution in [-0.4, -0.2) is 68.6 Å². The second-order valence-corrected chi connectivity index (χ2v) is 5.86. The summed E-state index contributed by atoms with van der Waals surface area (Å²) in [5.41, 5.74) is 5.28. The van der Waals surface area contributed by atoms with Gasteiger partial charge in [-0.3, -0.25) is 14.4 Å². The van der Waals surface area contributed by atoms with E-state index in [0.717, 1.165) is 0 Å². The summed E-state index contributed by atoms with van der Waals surface area (Å²) in [6.45, 7) is 3.10. The highest BCUT2D eigenvalue weighted by Gasteiger charge is 2.31. The van der Waals surface area contributed by atoms with E-state index < -0.39 is 54.1 Å². The molecule has 0 radical (unpaired) electrons. The molecule has 0 aliphatic rings. The quantitative estimate of drug-likeness (QED) is 0.195. The predicted molar refractivity (Wildman–Crippen MR) is 84.0 cm³/mol. The second-order valence-electron chi connectivity index (χ2n) is 5.86. The van der Waals surface area contributed by atoms with Gasteiger partial charge < -0.3 is 36.8 Å². The highest BCUT2D eigenvalue weighted by atomic mass is 16.5. The van der Waals surface area contributed by atoms with Gasteiger partial charge in [0, 0.05) is 6.42 Å². The molecule has 8 N–H and O–H groups in total. The maximum atomic E-state index is 12.0. The third-order valence-corrected chi connectivity index (χ3v) is 3.36. The van der Waals surface area contributed by atoms with Crippen molar-refractivity contribution in [1.82, 2.24) is 10.6 Å². The molecule has 25 heavy (non-hydrogen) atoms. The second kappa shape index (κ2) is 10.6. The van der Waals surface area contributed by atoms with Gasteiger partial charge in [0.2, 0.25) is 11.8 Å². The molecule has 0 aromatic heterocycles. The summed E-state index contributed by atoms with van der Waals surface area (Å²) in [5.74, 6) is -4.78. The molecule has 144 valence electrons. The van der Waals surface area contributed by atoms with Crippen LogP contribution in [0.4, 0.5) is 0 Å². The Morgan fingerprint density at radius 3 is 1.92 bits per heavy atom. The van der Waals surface area contributed by atoms with Crippen LogP contribution < -0.4 is 16.4 Å². The van der Waals surface area contributed by atoms with Crippen LogP contribution in [0.2, 0.25) is 0 Å². The first-order chi connectivity index (χ1) is 11.5. The van der Waals surface area contributed by atoms with Gasteiger partial charge in [-0.05, 0) is 18.8 Å². The number of hydrogen-bond acceptors (Lipinski definition) is 7. The van der Waals surface area contributed by atoms with Crippen molar-refractivity contribution >= 4 is 23.8 Å². The number of carboxylic acids is 2. The lowest BCUT2D eigenvalue weighted by molar-refractivity contribution is -0.148. The molecular weight excluding hydrogens is 338 g/mol. The van der Waals surface area contributed by atoms with Gasteiger partial charge >= 0.3 is 11.9 Å². The fourth-order valence-corrected chi connectivity index (χ4v) is 1.88. The molecule has 3 atom stereocenters. The summed E-state index contributed by atoms with van der Waals surface area (Å²) in [5, 5.41) is 40.3. The van der Waals surface area contributed by atoms with Crippen molar-refractivity contribution in [1.29, 1.82) is 0 Å². The normalized spacial score (nSPS) is 14.7. The number of carbonyl (C=O) groups is 4. The molecule has 0 aromatic rings. The molecule has 0 saturated carbocycles. The highest BCUT2D eigenvalue weighted by molar-refractivity contribution is 5.90. The molecule has 0 rings (SSSR count). The molecule has 0 aliphatic heterocycles. The number of aliphatic hydroxyl groups excluding tert-OH is 1. The highest BCUT2D eigenvalue weighted by Crippen LogP contribution is 2.04. The Labute approximate surface area is 144 Å². The number of amides is 2. The fourth-order valence-electron chi connectivity index (χ4n) is 1.88. The van der Waals surface area contributed by atoms with Gasteiger partial charge in [0.25, 0.3) is 0 Å². The number of nitrogens with one attached hydrogen (secondary N) is 2. The fraction of sp³-hybridized carbons (Fsp3) is 0.714. The zero-order valence-corrected chi connectivity index (χ0v) is 14.0. The van der Waals surface area contributed by atoms with Crippen molar-refractivity contribution < 1.29 is 39.6 Å². The van der Waals surface area contributed by atoms with E-state index in [1.807, 2.05) is 0 Å². The standard InChI is InChI=1S/C14H25N3O8/c1-6(2)9(13(22)23)17-11(19)10(14(24)25)16-8(18)5-3-4-7(15)12(20)21/h6-7,9-10,14,24-25H,3-5,15H2,1-2H3,(H,16,18)(H,17,19)(H,20,21)(H,22,23)/t7-,9+,10?/m0/s1. The molecule has 11 nitrogen and oxygen atoms in total. The molecule has 0 aliphatic carbocycles. The zero-order valence-electron chi connectivity index (χ0n) is 14.0. The summed E-state index contributed by atoms with van der Waals surface area (Å²) < 4.78 is 0. The number of hydrogen-bond donors (Lipinski definition) is 7. The maximum absolute atomic E-state index is 12.0. The Morgan fingerprint density at radius 1 is 0.960 bits per heavy atom. The summed E-state index contributed by atoms with van der Waals surface area (Å²) in [7, 11) is 0. The van der Waals surface area contributed by atoms with E-state index >= 15 is 0 Å². The van der Waals surface area contributed by atoms with Crippen LogP contribution in [0.1, 0.15) is 33.1 Å². The lowest BCUT2D eigenvalue weighted by atomic mass is 10.0. The van der Waals surface area contributed by atoms with Crippen molar-refractivity contribution in [2.24, 2.45) is 11.7 Å². The molecule has 0 spiro atoms. The summed E-state index contributed by atoms with van der Waals surface area (Å²) >= 11 is 0. The average molecular weight is 363 g/mol. The van der Waals surface area contributed by atoms with Crippen molar-refractivity contribution in [3.05, 3.63) is 0 Å². The molecule has 0 heterocycles. The largest absolute Gasteiger partial charge is 0.480 e. The van der Waals surface area contributed by atoms with Gasteiger partial charge in [-0.15, -0.1) is 0 Å². The summed E-state index contributed by atoms with van der Waals surface area (Å²) in [4.78, 5) is 45.4. The van der Waals surface area contributed by atoms with Crippen LogP contribution >= 0.6 is 0 Å². The maximum Gasteiger partial charge on any atom is 0.326 e. The van der Waals surface area contributed by atoms with Gasteiger partial charge in [0.05, 0.1) is 0 Å². The summed E-state index contributed by atoms with van der Waals surface area (Å²) in [6, 6.07) is -4.15. The first-order valence-electron chi connectivity index (χ1n) is 7.64. The average Bonchev–Trinajstić information content (AvgIpc) is 2.48. The number of aliphatic hydroxyl groups is 2. The Morgan fingerprint density at radius 2 is 1.52 bits per heavy atom. The van der Waals surface area contributed by atoms with Crippen LogP contribution in [0.25, 0.3) is 0 Å². The molecule has 0 fully saturated rings. The van der Waals surface area contributed by atoms with Crippen LogP contribution in [0.3, 0.4) is 0 Å². The third-order valence-electron chi connectivity index (χ3n) is 3.36. The van der Waals surface area contributed by atoms with Gasteiger partial charge in [-0.2, -0.15) is 0 Å². The minimum absolute atomic E-state index is 0.0235. The zero-order chi connectivity index (χ0) is 19.7. The Kier molecular flexibility index (Phi) is 9.64. The Hall–Kier alpha value is -2.24. The number of nitrogens with two attached hydrogens (primary N) is 1. The van der Waals surface area contributed by atoms with Crippen LogP contribution in [-0.2, 0) is 19.2 Å². The van der Waals surface area contributed by atoms with E-state index in [-0.39, 0.29) is 19.3 Å². The molecule has 0 bridgehead atoms. The topological polar surface area (TPSA) is 199 Å². The monoisotopic (exact) mass is 363 g/mol. The Balaban J connectivity index is 4.68. The predicted octanol–water partition coefficient (Wildman–Crippen LogP) is -2.41. The number of carbonyl (C=O) groups excluding carboxylic acids is 2. The number of aliphatic carboxylic acids is 2. The van der Waals surface area contributed by atoms with Crippen LogP contribution in [0.15, 0.2) is 0 Å². The van der Waals surface area contributed by atoms with Crippen molar-refractivity contribution in [2.45, 2.75) is 57.5 Å². The first kappa shape index (κ1) is 22.8. The smallest absolute Gasteiger partial charge is 0.326 e. The molecule has 11 heteroatoms. The van der Waals surface area contributed by atoms with E-state index in [1.54, 1.807) is 13.8 Å². The van der Waals surface area contributed by atoms with E-state index in [0.29, 0.717) is 0 Å². The summed E-state index contributed by atoms with van der Waals surface area (Å²) in [6.07, 6.45) is -2.30. The van der Waals surface area contributed by atoms with Crippen molar-refractivity contribution in [3.63, 3.8) is 0 Å². The van der Waals surface area contributed by atoms with Gasteiger partial charge in [-0.25, -0.2) is 4.79 Å². The lowest BCUT2D eigenvalue weighted by Crippen LogP contribution is -2.57. The molecule has 0 saturated heterocycles. The Bertz CT molecular complexity index is 494. The molecular formula is C14H25N3O8. The van der Waals surface area contributed by atoms with E-state index in [2.05, 4.69) is 10.6 Å². The van der Waals surface area contributed by atoms with Gasteiger partial charge in [-0.1, -0.05) is 13.8 Å². The van der Waals surface area contributed by atoms with E-state index in [9.17, 15) is 29.4 Å². The van der Waals surface area contributed by atoms with Crippen molar-refractivity contribution in [2.75, 3.05) is 0 Å². The van der Waals surface area contributed by atoms with Crippen LogP contribution in [0.5, 0.6) is 0 Å². The van der Waals surface area contributed by atoms with Crippen molar-refractivity contribution in [3.8, 4) is 0 Å². The SMILES string of the molecule is CC(C)[C@@H](NC(=O)C(NC(=O)CCC[C@H](N)C(=O)O)C(O)O)C(=O)O. The third kappa shape index (κ3) is 8.42. The molecule has 1 unspecified atom stereocenters. The van der Waals surface area contributed by atoms with E-state index in [4.69, 9.17) is 15.9 Å². The first-order valence-corrected chi connectivity index (χ1v) is 7.64. The van der Waals surface area contributed by atoms with Gasteiger partial charge in [0.1, 0.15) is 12.1 Å². The lowest BCUT2D eigenvalue weighted by Gasteiger charge is -2.24. The van der Waals surface area contributed by atoms with Crippen LogP contribution in [0, 0.1) is 5.92 Å². The number of rotatable bonds is 11. The van der Waals surface area contributed by atoms with E-state index in [1.165, 1.54) is 0 Å².